The van der Waals surface area contributed by atoms with Gasteiger partial charge in [-0.3, -0.25) is 9.59 Å². The Hall–Kier alpha value is -1.36. The van der Waals surface area contributed by atoms with Gasteiger partial charge in [0.05, 0.1) is 4.88 Å². The van der Waals surface area contributed by atoms with Crippen LogP contribution in [0.4, 0.5) is 0 Å². The van der Waals surface area contributed by atoms with Gasteiger partial charge in [0, 0.05) is 32.6 Å². The lowest BCUT2D eigenvalue weighted by Gasteiger charge is -2.48. The number of carbonyl (C=O) groups is 2. The fourth-order valence-electron chi connectivity index (χ4n) is 4.40. The first kappa shape index (κ1) is 16.1. The summed E-state index contributed by atoms with van der Waals surface area (Å²) >= 11 is 1.52. The van der Waals surface area contributed by atoms with Crippen molar-refractivity contribution >= 4 is 23.2 Å². The second kappa shape index (κ2) is 6.51. The number of piperidine rings is 2. The Morgan fingerprint density at radius 2 is 2.04 bits per heavy atom. The van der Waals surface area contributed by atoms with E-state index in [-0.39, 0.29) is 11.3 Å². The van der Waals surface area contributed by atoms with E-state index in [0.29, 0.717) is 12.3 Å². The quantitative estimate of drug-likeness (QED) is 0.842. The number of hydrogen-bond donors (Lipinski definition) is 0. The van der Waals surface area contributed by atoms with Crippen molar-refractivity contribution in [1.29, 1.82) is 0 Å². The Morgan fingerprint density at radius 3 is 2.67 bits per heavy atom. The number of nitrogens with zero attached hydrogens (tertiary/aromatic N) is 2. The standard InChI is InChI=1S/C19H26N2O2S/c22-17-6-7-19(14-21(17)13-15-3-1-4-15)8-10-20(11-9-19)18(23)16-5-2-12-24-16/h2,5,12,15H,1,3-4,6-11,13-14H2. The van der Waals surface area contributed by atoms with Gasteiger partial charge in [-0.05, 0) is 54.9 Å². The highest BCUT2D eigenvalue weighted by atomic mass is 32.1. The lowest BCUT2D eigenvalue weighted by molar-refractivity contribution is -0.140. The smallest absolute Gasteiger partial charge is 0.263 e. The third kappa shape index (κ3) is 3.10. The van der Waals surface area contributed by atoms with Crippen molar-refractivity contribution in [2.45, 2.75) is 44.9 Å². The molecule has 130 valence electrons. The molecule has 24 heavy (non-hydrogen) atoms. The normalized spacial score (nSPS) is 24.2. The highest BCUT2D eigenvalue weighted by Crippen LogP contribution is 2.41. The van der Waals surface area contributed by atoms with E-state index < -0.39 is 0 Å². The summed E-state index contributed by atoms with van der Waals surface area (Å²) in [5.74, 6) is 1.27. The maximum absolute atomic E-state index is 12.5. The van der Waals surface area contributed by atoms with Gasteiger partial charge >= 0.3 is 0 Å². The fourth-order valence-corrected chi connectivity index (χ4v) is 5.09. The van der Waals surface area contributed by atoms with Gasteiger partial charge in [0.25, 0.3) is 5.91 Å². The van der Waals surface area contributed by atoms with E-state index in [0.717, 1.165) is 56.2 Å². The van der Waals surface area contributed by atoms with Crippen LogP contribution in [-0.4, -0.2) is 47.8 Å². The zero-order valence-corrected chi connectivity index (χ0v) is 15.0. The zero-order chi connectivity index (χ0) is 16.6. The summed E-state index contributed by atoms with van der Waals surface area (Å²) in [7, 11) is 0. The van der Waals surface area contributed by atoms with Crippen molar-refractivity contribution in [2.75, 3.05) is 26.2 Å². The van der Waals surface area contributed by atoms with Crippen LogP contribution in [0, 0.1) is 11.3 Å². The van der Waals surface area contributed by atoms with Crippen molar-refractivity contribution in [3.63, 3.8) is 0 Å². The molecule has 3 heterocycles. The van der Waals surface area contributed by atoms with Crippen molar-refractivity contribution in [3.8, 4) is 0 Å². The molecule has 4 rings (SSSR count). The molecule has 0 bridgehead atoms. The van der Waals surface area contributed by atoms with Crippen LogP contribution < -0.4 is 0 Å². The van der Waals surface area contributed by atoms with Crippen molar-refractivity contribution in [3.05, 3.63) is 22.4 Å². The minimum atomic E-state index is 0.179. The van der Waals surface area contributed by atoms with E-state index in [2.05, 4.69) is 4.90 Å². The van der Waals surface area contributed by atoms with E-state index in [1.807, 2.05) is 22.4 Å². The molecule has 1 aromatic rings. The van der Waals surface area contributed by atoms with Gasteiger partial charge in [-0.1, -0.05) is 12.5 Å². The molecule has 1 spiro atoms. The molecule has 1 aromatic heterocycles. The van der Waals surface area contributed by atoms with Gasteiger partial charge in [-0.2, -0.15) is 0 Å². The Kier molecular flexibility index (Phi) is 4.37. The average molecular weight is 346 g/mol. The topological polar surface area (TPSA) is 40.6 Å². The van der Waals surface area contributed by atoms with Gasteiger partial charge in [-0.15, -0.1) is 11.3 Å². The number of amides is 2. The van der Waals surface area contributed by atoms with Gasteiger partial charge in [0.2, 0.25) is 5.91 Å². The first-order valence-corrected chi connectivity index (χ1v) is 10.1. The molecule has 0 atom stereocenters. The fraction of sp³-hybridized carbons (Fsp3) is 0.684. The molecule has 1 aliphatic carbocycles. The lowest BCUT2D eigenvalue weighted by Crippen LogP contribution is -2.53. The molecule has 1 saturated carbocycles. The van der Waals surface area contributed by atoms with Gasteiger partial charge in [-0.25, -0.2) is 0 Å². The monoisotopic (exact) mass is 346 g/mol. The molecule has 2 amide bonds. The summed E-state index contributed by atoms with van der Waals surface area (Å²) in [6.07, 6.45) is 7.70. The minimum Gasteiger partial charge on any atom is -0.342 e. The first-order chi connectivity index (χ1) is 11.7. The van der Waals surface area contributed by atoms with Crippen LogP contribution in [0.3, 0.4) is 0 Å². The van der Waals surface area contributed by atoms with Crippen LogP contribution in [0.25, 0.3) is 0 Å². The molecule has 3 aliphatic rings. The Morgan fingerprint density at radius 1 is 1.25 bits per heavy atom. The van der Waals surface area contributed by atoms with Crippen LogP contribution in [0.2, 0.25) is 0 Å². The predicted octanol–water partition coefficient (Wildman–Crippen LogP) is 3.39. The summed E-state index contributed by atoms with van der Waals surface area (Å²) in [4.78, 5) is 29.8. The largest absolute Gasteiger partial charge is 0.342 e. The summed E-state index contributed by atoms with van der Waals surface area (Å²) in [6, 6.07) is 3.85. The van der Waals surface area contributed by atoms with Crippen LogP contribution >= 0.6 is 11.3 Å². The van der Waals surface area contributed by atoms with Crippen molar-refractivity contribution < 1.29 is 9.59 Å². The highest BCUT2D eigenvalue weighted by Gasteiger charge is 2.42. The second-order valence-electron chi connectivity index (χ2n) is 7.84. The molecule has 2 saturated heterocycles. The van der Waals surface area contributed by atoms with Crippen LogP contribution in [0.15, 0.2) is 17.5 Å². The molecule has 5 heteroatoms. The van der Waals surface area contributed by atoms with Crippen LogP contribution in [-0.2, 0) is 4.79 Å². The number of thiophene rings is 1. The molecule has 0 aromatic carbocycles. The third-order valence-electron chi connectivity index (χ3n) is 6.29. The Labute approximate surface area is 147 Å². The third-order valence-corrected chi connectivity index (χ3v) is 7.15. The predicted molar refractivity (Wildman–Crippen MR) is 95.0 cm³/mol. The summed E-state index contributed by atoms with van der Waals surface area (Å²) in [5, 5.41) is 1.96. The van der Waals surface area contributed by atoms with E-state index in [9.17, 15) is 9.59 Å². The zero-order valence-electron chi connectivity index (χ0n) is 14.2. The maximum atomic E-state index is 12.5. The molecular weight excluding hydrogens is 320 g/mol. The first-order valence-electron chi connectivity index (χ1n) is 9.26. The Balaban J connectivity index is 1.36. The van der Waals surface area contributed by atoms with E-state index >= 15 is 0 Å². The minimum absolute atomic E-state index is 0.179. The van der Waals surface area contributed by atoms with Gasteiger partial charge in [0.1, 0.15) is 0 Å². The number of hydrogen-bond acceptors (Lipinski definition) is 3. The van der Waals surface area contributed by atoms with E-state index in [4.69, 9.17) is 0 Å². The van der Waals surface area contributed by atoms with Crippen LogP contribution in [0.5, 0.6) is 0 Å². The maximum Gasteiger partial charge on any atom is 0.263 e. The molecular formula is C19H26N2O2S. The lowest BCUT2D eigenvalue weighted by atomic mass is 9.71. The highest BCUT2D eigenvalue weighted by molar-refractivity contribution is 7.12. The van der Waals surface area contributed by atoms with Crippen LogP contribution in [0.1, 0.15) is 54.6 Å². The molecule has 0 N–H and O–H groups in total. The summed E-state index contributed by atoms with van der Waals surface area (Å²) < 4.78 is 0. The molecule has 3 fully saturated rings. The molecule has 2 aliphatic heterocycles. The SMILES string of the molecule is O=C1CCC2(CCN(C(=O)c3cccs3)CC2)CN1CC1CCC1. The molecule has 0 radical (unpaired) electrons. The second-order valence-corrected chi connectivity index (χ2v) is 8.79. The van der Waals surface area contributed by atoms with E-state index in [1.54, 1.807) is 0 Å². The van der Waals surface area contributed by atoms with Gasteiger partial charge in [0.15, 0.2) is 0 Å². The van der Waals surface area contributed by atoms with E-state index in [1.165, 1.54) is 30.6 Å². The van der Waals surface area contributed by atoms with Gasteiger partial charge < -0.3 is 9.80 Å². The number of likely N-dealkylation sites (tertiary alicyclic amines) is 2. The number of rotatable bonds is 3. The van der Waals surface area contributed by atoms with Crippen molar-refractivity contribution in [2.24, 2.45) is 11.3 Å². The molecule has 4 nitrogen and oxygen atoms in total. The molecule has 0 unspecified atom stereocenters. The number of carbonyl (C=O) groups excluding carboxylic acids is 2. The van der Waals surface area contributed by atoms with Crippen molar-refractivity contribution in [1.82, 2.24) is 9.80 Å². The summed E-state index contributed by atoms with van der Waals surface area (Å²) in [6.45, 7) is 3.56. The Bertz CT molecular complexity index is 601. The average Bonchev–Trinajstić information content (AvgIpc) is 3.09. The summed E-state index contributed by atoms with van der Waals surface area (Å²) in [5.41, 5.74) is 0.254.